The lowest BCUT2D eigenvalue weighted by molar-refractivity contribution is 0.271. The normalized spacial score (nSPS) is 12.1. The number of aromatic nitrogens is 1. The highest BCUT2D eigenvalue weighted by molar-refractivity contribution is 7.89. The molecule has 2 aromatic rings. The third-order valence-corrected chi connectivity index (χ3v) is 5.21. The lowest BCUT2D eigenvalue weighted by atomic mass is 10.2. The topological polar surface area (TPSA) is 96.5 Å². The number of anilines is 1. The van der Waals surface area contributed by atoms with Gasteiger partial charge in [-0.05, 0) is 36.8 Å². The van der Waals surface area contributed by atoms with E-state index >= 15 is 0 Å². The van der Waals surface area contributed by atoms with Crippen LogP contribution in [0.4, 0.5) is 5.82 Å². The van der Waals surface area contributed by atoms with Gasteiger partial charge in [0.15, 0.2) is 0 Å². The van der Waals surface area contributed by atoms with Crippen molar-refractivity contribution in [2.24, 2.45) is 0 Å². The molecule has 0 atom stereocenters. The van der Waals surface area contributed by atoms with E-state index in [1.165, 1.54) is 10.4 Å². The molecule has 0 bridgehead atoms. The number of sulfonamides is 1. The van der Waals surface area contributed by atoms with Crippen molar-refractivity contribution in [1.82, 2.24) is 9.29 Å². The Balaban J connectivity index is 2.41. The molecule has 2 rings (SSSR count). The maximum atomic E-state index is 12.6. The van der Waals surface area contributed by atoms with Crippen LogP contribution in [0.3, 0.4) is 0 Å². The fraction of sp³-hybridized carbons (Fsp3) is 0.357. The van der Waals surface area contributed by atoms with Crippen molar-refractivity contribution in [1.29, 1.82) is 0 Å². The number of rotatable bonds is 6. The van der Waals surface area contributed by atoms with Gasteiger partial charge in [0.25, 0.3) is 0 Å². The van der Waals surface area contributed by atoms with Gasteiger partial charge in [0.2, 0.25) is 10.0 Å². The summed E-state index contributed by atoms with van der Waals surface area (Å²) in [6.45, 7) is 2.40. The van der Waals surface area contributed by atoms with E-state index in [4.69, 9.17) is 10.8 Å². The molecule has 21 heavy (non-hydrogen) atoms. The van der Waals surface area contributed by atoms with Crippen LogP contribution in [0.2, 0.25) is 0 Å². The highest BCUT2D eigenvalue weighted by Gasteiger charge is 2.22. The van der Waals surface area contributed by atoms with Crippen molar-refractivity contribution in [3.05, 3.63) is 30.3 Å². The summed E-state index contributed by atoms with van der Waals surface area (Å²) in [5, 5.41) is 9.60. The van der Waals surface area contributed by atoms with Crippen molar-refractivity contribution in [3.8, 4) is 0 Å². The number of nitrogen functional groups attached to an aromatic ring is 1. The molecule has 1 aromatic heterocycles. The van der Waals surface area contributed by atoms with Crippen LogP contribution in [0.15, 0.2) is 35.2 Å². The molecular formula is C14H19N3O3S. The van der Waals surface area contributed by atoms with Gasteiger partial charge in [0, 0.05) is 25.1 Å². The summed E-state index contributed by atoms with van der Waals surface area (Å²) in [5.41, 5.74) is 6.27. The summed E-state index contributed by atoms with van der Waals surface area (Å²) in [6.07, 6.45) is 0.415. The second-order valence-electron chi connectivity index (χ2n) is 4.66. The highest BCUT2D eigenvalue weighted by atomic mass is 32.2. The molecule has 7 heteroatoms. The maximum Gasteiger partial charge on any atom is 0.243 e. The summed E-state index contributed by atoms with van der Waals surface area (Å²) in [6, 6.07) is 8.17. The summed E-state index contributed by atoms with van der Waals surface area (Å²) < 4.78 is 26.5. The first-order valence-corrected chi connectivity index (χ1v) is 8.20. The molecule has 0 saturated carbocycles. The second kappa shape index (κ2) is 6.38. The van der Waals surface area contributed by atoms with Crippen molar-refractivity contribution in [2.75, 3.05) is 25.4 Å². The van der Waals surface area contributed by atoms with Crippen LogP contribution < -0.4 is 5.73 Å². The molecule has 1 heterocycles. The Kier molecular flexibility index (Phi) is 4.76. The number of hydrogen-bond acceptors (Lipinski definition) is 5. The standard InChI is InChI=1S/C14H19N3O3S/c1-2-17(8-3-9-18)21(19,20)12-5-6-13-11(10-12)4-7-14(15)16-13/h4-7,10,18H,2-3,8-9H2,1H3,(H2,15,16). The average molecular weight is 309 g/mol. The smallest absolute Gasteiger partial charge is 0.243 e. The molecule has 0 fully saturated rings. The molecule has 0 aliphatic heterocycles. The molecule has 6 nitrogen and oxygen atoms in total. The van der Waals surface area contributed by atoms with Gasteiger partial charge in [-0.3, -0.25) is 0 Å². The zero-order valence-electron chi connectivity index (χ0n) is 11.9. The minimum absolute atomic E-state index is 0.0348. The van der Waals surface area contributed by atoms with Gasteiger partial charge >= 0.3 is 0 Å². The Hall–Kier alpha value is -1.70. The fourth-order valence-electron chi connectivity index (χ4n) is 2.12. The first-order chi connectivity index (χ1) is 9.98. The van der Waals surface area contributed by atoms with E-state index in [1.54, 1.807) is 31.2 Å². The van der Waals surface area contributed by atoms with Gasteiger partial charge in [-0.1, -0.05) is 6.92 Å². The molecule has 0 amide bonds. The first kappa shape index (κ1) is 15.7. The largest absolute Gasteiger partial charge is 0.396 e. The third-order valence-electron chi connectivity index (χ3n) is 3.24. The Bertz CT molecular complexity index is 731. The molecular weight excluding hydrogens is 290 g/mol. The Morgan fingerprint density at radius 1 is 1.29 bits per heavy atom. The van der Waals surface area contributed by atoms with E-state index in [-0.39, 0.29) is 11.5 Å². The van der Waals surface area contributed by atoms with E-state index < -0.39 is 10.0 Å². The van der Waals surface area contributed by atoms with Gasteiger partial charge < -0.3 is 10.8 Å². The van der Waals surface area contributed by atoms with Crippen molar-refractivity contribution in [2.45, 2.75) is 18.2 Å². The summed E-state index contributed by atoms with van der Waals surface area (Å²) in [4.78, 5) is 4.37. The quantitative estimate of drug-likeness (QED) is 0.836. The third kappa shape index (κ3) is 3.31. The molecule has 0 saturated heterocycles. The molecule has 0 spiro atoms. The zero-order chi connectivity index (χ0) is 15.5. The number of aliphatic hydroxyl groups excluding tert-OH is 1. The van der Waals surface area contributed by atoms with Crippen LogP contribution in [0, 0.1) is 0 Å². The van der Waals surface area contributed by atoms with Crippen LogP contribution >= 0.6 is 0 Å². The van der Waals surface area contributed by atoms with Gasteiger partial charge in [0.05, 0.1) is 10.4 Å². The minimum Gasteiger partial charge on any atom is -0.396 e. The van der Waals surface area contributed by atoms with Crippen molar-refractivity contribution < 1.29 is 13.5 Å². The van der Waals surface area contributed by atoms with E-state index in [0.29, 0.717) is 30.8 Å². The average Bonchev–Trinajstić information content (AvgIpc) is 2.47. The van der Waals surface area contributed by atoms with E-state index in [9.17, 15) is 8.42 Å². The lowest BCUT2D eigenvalue weighted by Gasteiger charge is -2.20. The van der Waals surface area contributed by atoms with Crippen LogP contribution in [0.5, 0.6) is 0 Å². The number of fused-ring (bicyclic) bond motifs is 1. The van der Waals surface area contributed by atoms with Gasteiger partial charge in [-0.2, -0.15) is 4.31 Å². The van der Waals surface area contributed by atoms with Crippen molar-refractivity contribution >= 4 is 26.7 Å². The number of nitrogens with zero attached hydrogens (tertiary/aromatic N) is 2. The minimum atomic E-state index is -3.56. The van der Waals surface area contributed by atoms with Crippen LogP contribution in [0.25, 0.3) is 10.9 Å². The summed E-state index contributed by atoms with van der Waals surface area (Å²) in [7, 11) is -3.56. The second-order valence-corrected chi connectivity index (χ2v) is 6.60. The molecule has 0 aliphatic carbocycles. The highest BCUT2D eigenvalue weighted by Crippen LogP contribution is 2.21. The molecule has 0 unspecified atom stereocenters. The van der Waals surface area contributed by atoms with Crippen LogP contribution in [0.1, 0.15) is 13.3 Å². The molecule has 0 radical (unpaired) electrons. The fourth-order valence-corrected chi connectivity index (χ4v) is 3.65. The number of aliphatic hydroxyl groups is 1. The predicted octanol–water partition coefficient (Wildman–Crippen LogP) is 1.21. The summed E-state index contributed by atoms with van der Waals surface area (Å²) >= 11 is 0. The number of nitrogens with two attached hydrogens (primary N) is 1. The SMILES string of the molecule is CCN(CCCO)S(=O)(=O)c1ccc2nc(N)ccc2c1. The molecule has 0 aliphatic rings. The van der Waals surface area contributed by atoms with Gasteiger partial charge in [0.1, 0.15) is 5.82 Å². The van der Waals surface area contributed by atoms with E-state index in [1.807, 2.05) is 0 Å². The number of hydrogen-bond donors (Lipinski definition) is 2. The molecule has 1 aromatic carbocycles. The molecule has 114 valence electrons. The Morgan fingerprint density at radius 2 is 2.05 bits per heavy atom. The number of pyridine rings is 1. The molecule has 3 N–H and O–H groups in total. The van der Waals surface area contributed by atoms with Gasteiger partial charge in [-0.15, -0.1) is 0 Å². The number of benzene rings is 1. The van der Waals surface area contributed by atoms with Crippen LogP contribution in [-0.2, 0) is 10.0 Å². The summed E-state index contributed by atoms with van der Waals surface area (Å²) in [5.74, 6) is 0.399. The first-order valence-electron chi connectivity index (χ1n) is 6.76. The Morgan fingerprint density at radius 3 is 2.71 bits per heavy atom. The zero-order valence-corrected chi connectivity index (χ0v) is 12.7. The van der Waals surface area contributed by atoms with E-state index in [2.05, 4.69) is 4.98 Å². The predicted molar refractivity (Wildman–Crippen MR) is 82.3 cm³/mol. The Labute approximate surface area is 124 Å². The van der Waals surface area contributed by atoms with Crippen LogP contribution in [-0.4, -0.2) is 42.5 Å². The van der Waals surface area contributed by atoms with Gasteiger partial charge in [-0.25, -0.2) is 13.4 Å². The monoisotopic (exact) mass is 309 g/mol. The van der Waals surface area contributed by atoms with E-state index in [0.717, 1.165) is 5.39 Å². The lowest BCUT2D eigenvalue weighted by Crippen LogP contribution is -2.32. The van der Waals surface area contributed by atoms with Crippen molar-refractivity contribution in [3.63, 3.8) is 0 Å². The maximum absolute atomic E-state index is 12.6.